The molecule has 1 aromatic carbocycles. The van der Waals surface area contributed by atoms with Crippen molar-refractivity contribution in [2.24, 2.45) is 17.8 Å². The highest BCUT2D eigenvalue weighted by atomic mass is 16.2. The fourth-order valence-electron chi connectivity index (χ4n) is 7.06. The van der Waals surface area contributed by atoms with E-state index < -0.39 is 0 Å². The van der Waals surface area contributed by atoms with Crippen LogP contribution in [-0.4, -0.2) is 48.4 Å². The third-order valence-corrected chi connectivity index (χ3v) is 8.83. The van der Waals surface area contributed by atoms with E-state index in [1.165, 1.54) is 56.4 Å². The molecule has 0 radical (unpaired) electrons. The van der Waals surface area contributed by atoms with Gasteiger partial charge in [0, 0.05) is 30.6 Å². The molecule has 2 aliphatic heterocycles. The molecule has 3 aliphatic carbocycles. The number of carbonyl (C=O) groups is 1. The van der Waals surface area contributed by atoms with Gasteiger partial charge in [-0.1, -0.05) is 42.5 Å². The van der Waals surface area contributed by atoms with E-state index in [0.717, 1.165) is 55.7 Å². The molecule has 3 unspecified atom stereocenters. The van der Waals surface area contributed by atoms with Crippen LogP contribution in [0.5, 0.6) is 0 Å². The van der Waals surface area contributed by atoms with E-state index in [4.69, 9.17) is 0 Å². The molecule has 1 spiro atoms. The fourth-order valence-corrected chi connectivity index (χ4v) is 7.06. The highest BCUT2D eigenvalue weighted by Crippen LogP contribution is 2.48. The number of hydrogen-bond acceptors (Lipinski definition) is 2. The van der Waals surface area contributed by atoms with E-state index in [2.05, 4.69) is 52.3 Å². The van der Waals surface area contributed by atoms with Gasteiger partial charge in [-0.25, -0.2) is 0 Å². The molecule has 1 aromatic rings. The summed E-state index contributed by atoms with van der Waals surface area (Å²) in [5.41, 5.74) is 3.86. The van der Waals surface area contributed by atoms with Crippen molar-refractivity contribution in [1.29, 1.82) is 0 Å². The van der Waals surface area contributed by atoms with Crippen LogP contribution in [0.25, 0.3) is 5.57 Å². The van der Waals surface area contributed by atoms with Gasteiger partial charge in [0.05, 0.1) is 0 Å². The number of carbonyl (C=O) groups excluding carboxylic acids is 1. The second-order valence-corrected chi connectivity index (χ2v) is 10.5. The smallest absolute Gasteiger partial charge is 0.254 e. The molecular weight excluding hydrogens is 368 g/mol. The van der Waals surface area contributed by atoms with E-state index >= 15 is 0 Å². The number of rotatable bonds is 3. The minimum absolute atomic E-state index is 0.233. The molecule has 6 rings (SSSR count). The number of likely N-dealkylation sites (tertiary alicyclic amines) is 2. The quantitative estimate of drug-likeness (QED) is 0.688. The van der Waals surface area contributed by atoms with E-state index in [1.807, 2.05) is 0 Å². The molecule has 2 heterocycles. The standard InChI is InChI=1S/C27H34N2O/c30-26(29-13-3-4-14-29)24-9-10-27(25-6-2-1-5-23(24)25)11-15-28(16-12-27)19-22-18-20-7-8-21(22)17-20/h1-2,5-9,20-22H,3-4,10-19H2. The number of amides is 1. The van der Waals surface area contributed by atoms with Crippen molar-refractivity contribution in [3.8, 4) is 0 Å². The van der Waals surface area contributed by atoms with Crippen LogP contribution < -0.4 is 0 Å². The topological polar surface area (TPSA) is 23.6 Å². The van der Waals surface area contributed by atoms with Crippen LogP contribution in [0.1, 0.15) is 56.1 Å². The Bertz CT molecular complexity index is 886. The first-order valence-corrected chi connectivity index (χ1v) is 12.2. The molecule has 1 amide bonds. The first-order chi connectivity index (χ1) is 14.7. The summed E-state index contributed by atoms with van der Waals surface area (Å²) in [5.74, 6) is 2.87. The molecule has 0 aromatic heterocycles. The van der Waals surface area contributed by atoms with Crippen molar-refractivity contribution >= 4 is 11.5 Å². The second kappa shape index (κ2) is 7.37. The molecule has 3 heteroatoms. The normalized spacial score (nSPS) is 31.9. The van der Waals surface area contributed by atoms with Crippen molar-refractivity contribution < 1.29 is 4.79 Å². The number of nitrogens with zero attached hydrogens (tertiary/aromatic N) is 2. The van der Waals surface area contributed by atoms with Crippen LogP contribution in [0.2, 0.25) is 0 Å². The van der Waals surface area contributed by atoms with Gasteiger partial charge in [0.25, 0.3) is 5.91 Å². The van der Waals surface area contributed by atoms with E-state index in [1.54, 1.807) is 0 Å². The van der Waals surface area contributed by atoms with Gasteiger partial charge in [0.15, 0.2) is 0 Å². The van der Waals surface area contributed by atoms with Crippen molar-refractivity contribution in [2.75, 3.05) is 32.7 Å². The summed E-state index contributed by atoms with van der Waals surface area (Å²) in [6, 6.07) is 8.80. The largest absolute Gasteiger partial charge is 0.339 e. The van der Waals surface area contributed by atoms with Crippen LogP contribution >= 0.6 is 0 Å². The van der Waals surface area contributed by atoms with Gasteiger partial charge < -0.3 is 9.80 Å². The third kappa shape index (κ3) is 3.09. The van der Waals surface area contributed by atoms with Crippen molar-refractivity contribution in [3.05, 3.63) is 53.6 Å². The molecule has 5 aliphatic rings. The third-order valence-electron chi connectivity index (χ3n) is 8.83. The molecule has 2 bridgehead atoms. The molecule has 3 atom stereocenters. The lowest BCUT2D eigenvalue weighted by molar-refractivity contribution is -0.124. The minimum Gasteiger partial charge on any atom is -0.339 e. The van der Waals surface area contributed by atoms with E-state index in [9.17, 15) is 4.79 Å². The molecule has 3 fully saturated rings. The summed E-state index contributed by atoms with van der Waals surface area (Å²) in [4.78, 5) is 18.0. The summed E-state index contributed by atoms with van der Waals surface area (Å²) in [5, 5.41) is 0. The maximum atomic E-state index is 13.2. The number of hydrogen-bond donors (Lipinski definition) is 0. The van der Waals surface area contributed by atoms with Gasteiger partial charge in [0.2, 0.25) is 0 Å². The Morgan fingerprint density at radius 3 is 2.53 bits per heavy atom. The molecule has 0 N–H and O–H groups in total. The number of benzene rings is 1. The Balaban J connectivity index is 1.18. The van der Waals surface area contributed by atoms with Gasteiger partial charge in [-0.3, -0.25) is 4.79 Å². The van der Waals surface area contributed by atoms with Gasteiger partial charge in [-0.05, 0) is 86.9 Å². The lowest BCUT2D eigenvalue weighted by Crippen LogP contribution is -2.46. The average Bonchev–Trinajstić information content (AvgIpc) is 3.54. The number of piperidine rings is 1. The Hall–Kier alpha value is -1.87. The van der Waals surface area contributed by atoms with Crippen LogP contribution in [0, 0.1) is 17.8 Å². The zero-order chi connectivity index (χ0) is 20.1. The van der Waals surface area contributed by atoms with Crippen LogP contribution in [0.4, 0.5) is 0 Å². The predicted octanol–water partition coefficient (Wildman–Crippen LogP) is 4.64. The first kappa shape index (κ1) is 18.9. The Kier molecular flexibility index (Phi) is 4.63. The summed E-state index contributed by atoms with van der Waals surface area (Å²) in [6.45, 7) is 5.55. The highest BCUT2D eigenvalue weighted by Gasteiger charge is 2.42. The SMILES string of the molecule is O=C(C1=CCC2(CCN(CC3CC4C=CC3C4)CC2)c2ccccc21)N1CCCC1. The van der Waals surface area contributed by atoms with E-state index in [0.29, 0.717) is 0 Å². The van der Waals surface area contributed by atoms with Gasteiger partial charge >= 0.3 is 0 Å². The molecule has 158 valence electrons. The summed E-state index contributed by atoms with van der Waals surface area (Å²) >= 11 is 0. The maximum Gasteiger partial charge on any atom is 0.254 e. The number of allylic oxidation sites excluding steroid dienone is 3. The summed E-state index contributed by atoms with van der Waals surface area (Å²) < 4.78 is 0. The zero-order valence-corrected chi connectivity index (χ0v) is 18.1. The van der Waals surface area contributed by atoms with Crippen molar-refractivity contribution in [3.63, 3.8) is 0 Å². The van der Waals surface area contributed by atoms with Crippen molar-refractivity contribution in [2.45, 2.75) is 50.4 Å². The Morgan fingerprint density at radius 1 is 1.00 bits per heavy atom. The summed E-state index contributed by atoms with van der Waals surface area (Å²) in [6.07, 6.45) is 15.8. The van der Waals surface area contributed by atoms with Crippen LogP contribution in [-0.2, 0) is 10.2 Å². The average molecular weight is 403 g/mol. The first-order valence-electron chi connectivity index (χ1n) is 12.2. The predicted molar refractivity (Wildman–Crippen MR) is 121 cm³/mol. The summed E-state index contributed by atoms with van der Waals surface area (Å²) in [7, 11) is 0. The Labute approximate surface area is 180 Å². The zero-order valence-electron chi connectivity index (χ0n) is 18.1. The minimum atomic E-state index is 0.233. The molecule has 30 heavy (non-hydrogen) atoms. The van der Waals surface area contributed by atoms with Gasteiger partial charge in [0.1, 0.15) is 0 Å². The van der Waals surface area contributed by atoms with Crippen LogP contribution in [0.3, 0.4) is 0 Å². The lowest BCUT2D eigenvalue weighted by atomic mass is 9.65. The highest BCUT2D eigenvalue weighted by molar-refractivity contribution is 6.20. The molecule has 1 saturated carbocycles. The fraction of sp³-hybridized carbons (Fsp3) is 0.593. The van der Waals surface area contributed by atoms with Gasteiger partial charge in [-0.15, -0.1) is 0 Å². The molecule has 2 saturated heterocycles. The molecule has 3 nitrogen and oxygen atoms in total. The maximum absolute atomic E-state index is 13.2. The second-order valence-electron chi connectivity index (χ2n) is 10.5. The van der Waals surface area contributed by atoms with Crippen molar-refractivity contribution in [1.82, 2.24) is 9.80 Å². The Morgan fingerprint density at radius 2 is 1.80 bits per heavy atom. The monoisotopic (exact) mass is 402 g/mol. The number of fused-ring (bicyclic) bond motifs is 4. The van der Waals surface area contributed by atoms with Crippen LogP contribution in [0.15, 0.2) is 42.5 Å². The van der Waals surface area contributed by atoms with Gasteiger partial charge in [-0.2, -0.15) is 0 Å². The van der Waals surface area contributed by atoms with E-state index in [-0.39, 0.29) is 11.3 Å². The molecular formula is C27H34N2O. The lowest BCUT2D eigenvalue weighted by Gasteiger charge is -2.45.